The number of ether oxygens (including phenoxy) is 2. The lowest BCUT2D eigenvalue weighted by Crippen LogP contribution is -2.60. The molecule has 0 aromatic carbocycles. The number of allylic oxidation sites excluding steroid dienone is 2. The lowest BCUT2D eigenvalue weighted by atomic mass is 9.63. The summed E-state index contributed by atoms with van der Waals surface area (Å²) < 4.78 is 11.4. The summed E-state index contributed by atoms with van der Waals surface area (Å²) in [6, 6.07) is 0. The third-order valence-corrected chi connectivity index (χ3v) is 5.62. The van der Waals surface area contributed by atoms with Crippen LogP contribution in [-0.4, -0.2) is 69.6 Å². The molecule has 0 unspecified atom stereocenters. The van der Waals surface area contributed by atoms with E-state index in [0.717, 1.165) is 0 Å². The summed E-state index contributed by atoms with van der Waals surface area (Å²) in [5.74, 6) is 0.498. The van der Waals surface area contributed by atoms with Gasteiger partial charge in [-0.05, 0) is 43.1 Å². The first-order valence-corrected chi connectivity index (χ1v) is 9.21. The van der Waals surface area contributed by atoms with E-state index >= 15 is 0 Å². The molecular formula is C19H32O7. The van der Waals surface area contributed by atoms with E-state index in [9.17, 15) is 25.2 Å². The van der Waals surface area contributed by atoms with Crippen molar-refractivity contribution in [3.8, 4) is 0 Å². The van der Waals surface area contributed by atoms with Crippen LogP contribution >= 0.6 is 0 Å². The maximum atomic E-state index is 11.3. The first-order chi connectivity index (χ1) is 12.1. The number of rotatable bonds is 5. The van der Waals surface area contributed by atoms with E-state index in [4.69, 9.17) is 9.47 Å². The maximum Gasteiger partial charge on any atom is 0.186 e. The fourth-order valence-corrected chi connectivity index (χ4v) is 4.30. The van der Waals surface area contributed by atoms with E-state index in [2.05, 4.69) is 20.8 Å². The van der Waals surface area contributed by atoms with Gasteiger partial charge in [-0.15, -0.1) is 0 Å². The average molecular weight is 372 g/mol. The molecule has 8 atom stereocenters. The Morgan fingerprint density at radius 2 is 1.88 bits per heavy atom. The summed E-state index contributed by atoms with van der Waals surface area (Å²) in [5.41, 5.74) is -0.123. The Morgan fingerprint density at radius 3 is 2.42 bits per heavy atom. The molecule has 7 heteroatoms. The van der Waals surface area contributed by atoms with Gasteiger partial charge in [0.25, 0.3) is 0 Å². The molecule has 26 heavy (non-hydrogen) atoms. The van der Waals surface area contributed by atoms with Crippen molar-refractivity contribution < 1.29 is 34.7 Å². The minimum atomic E-state index is -1.44. The molecule has 2 aliphatic rings. The van der Waals surface area contributed by atoms with Crippen LogP contribution in [0.2, 0.25) is 0 Å². The molecular weight excluding hydrogens is 340 g/mol. The van der Waals surface area contributed by atoms with E-state index in [0.29, 0.717) is 12.8 Å². The van der Waals surface area contributed by atoms with Gasteiger partial charge < -0.3 is 29.9 Å². The second kappa shape index (κ2) is 8.46. The highest BCUT2D eigenvalue weighted by molar-refractivity contribution is 5.87. The van der Waals surface area contributed by atoms with Crippen molar-refractivity contribution in [3.05, 3.63) is 12.2 Å². The number of aliphatic hydroxyl groups excluding tert-OH is 4. The van der Waals surface area contributed by atoms with Gasteiger partial charge in [0.15, 0.2) is 12.1 Å². The molecule has 0 bridgehead atoms. The molecule has 0 aromatic rings. The summed E-state index contributed by atoms with van der Waals surface area (Å²) in [6.07, 6.45) is -1.51. The molecule has 0 radical (unpaired) electrons. The predicted molar refractivity (Wildman–Crippen MR) is 94.1 cm³/mol. The van der Waals surface area contributed by atoms with Crippen LogP contribution in [-0.2, 0) is 14.3 Å². The minimum Gasteiger partial charge on any atom is -0.394 e. The van der Waals surface area contributed by atoms with Crippen LogP contribution in [0.5, 0.6) is 0 Å². The van der Waals surface area contributed by atoms with Crippen LogP contribution in [0, 0.1) is 17.3 Å². The van der Waals surface area contributed by atoms with E-state index in [1.807, 2.05) is 6.08 Å². The molecule has 1 saturated heterocycles. The minimum absolute atomic E-state index is 0.0210. The zero-order valence-corrected chi connectivity index (χ0v) is 15.9. The van der Waals surface area contributed by atoms with Crippen molar-refractivity contribution in [3.63, 3.8) is 0 Å². The lowest BCUT2D eigenvalue weighted by Gasteiger charge is -2.47. The van der Waals surface area contributed by atoms with Crippen molar-refractivity contribution in [2.45, 2.75) is 77.3 Å². The smallest absolute Gasteiger partial charge is 0.186 e. The first kappa shape index (κ1) is 21.5. The molecule has 0 aromatic heterocycles. The van der Waals surface area contributed by atoms with Gasteiger partial charge in [-0.1, -0.05) is 26.8 Å². The fraction of sp³-hybridized carbons (Fsp3) is 0.842. The molecule has 1 aliphatic carbocycles. The Bertz CT molecular complexity index is 516. The van der Waals surface area contributed by atoms with Gasteiger partial charge in [-0.3, -0.25) is 4.79 Å². The molecule has 4 N–H and O–H groups in total. The van der Waals surface area contributed by atoms with Crippen LogP contribution in [0.15, 0.2) is 12.2 Å². The van der Waals surface area contributed by atoms with Gasteiger partial charge in [-0.2, -0.15) is 0 Å². The van der Waals surface area contributed by atoms with Gasteiger partial charge in [0.2, 0.25) is 0 Å². The van der Waals surface area contributed by atoms with E-state index in [-0.39, 0.29) is 29.1 Å². The Morgan fingerprint density at radius 1 is 1.23 bits per heavy atom. The Kier molecular flexibility index (Phi) is 6.98. The SMILES string of the molecule is CC(=O)/C=C/[C@@H]1[C@H](C)C[C@@H](O[C@@H]2O[C@H](CO)[C@@H](O)[C@H](O)[C@H]2O)CC1(C)C. The van der Waals surface area contributed by atoms with Gasteiger partial charge in [0, 0.05) is 0 Å². The third-order valence-electron chi connectivity index (χ3n) is 5.62. The molecule has 7 nitrogen and oxygen atoms in total. The second-order valence-electron chi connectivity index (χ2n) is 8.36. The molecule has 1 aliphatic heterocycles. The summed E-state index contributed by atoms with van der Waals surface area (Å²) in [5, 5.41) is 39.2. The van der Waals surface area contributed by atoms with Crippen LogP contribution < -0.4 is 0 Å². The molecule has 2 rings (SSSR count). The number of aliphatic hydroxyl groups is 4. The molecule has 1 heterocycles. The second-order valence-corrected chi connectivity index (χ2v) is 8.36. The Balaban J connectivity index is 2.06. The predicted octanol–water partition coefficient (Wildman–Crippen LogP) is 0.389. The molecule has 150 valence electrons. The monoisotopic (exact) mass is 372 g/mol. The highest BCUT2D eigenvalue weighted by Gasteiger charge is 2.47. The van der Waals surface area contributed by atoms with Crippen LogP contribution in [0.4, 0.5) is 0 Å². The van der Waals surface area contributed by atoms with Crippen LogP contribution in [0.3, 0.4) is 0 Å². The first-order valence-electron chi connectivity index (χ1n) is 9.21. The van der Waals surface area contributed by atoms with Crippen LogP contribution in [0.1, 0.15) is 40.5 Å². The topological polar surface area (TPSA) is 116 Å². The van der Waals surface area contributed by atoms with E-state index in [1.54, 1.807) is 6.08 Å². The van der Waals surface area contributed by atoms with Gasteiger partial charge in [0.1, 0.15) is 24.4 Å². The number of hydrogen-bond donors (Lipinski definition) is 4. The number of carbonyl (C=O) groups is 1. The third kappa shape index (κ3) is 4.71. The molecule has 0 amide bonds. The lowest BCUT2D eigenvalue weighted by molar-refractivity contribution is -0.316. The summed E-state index contributed by atoms with van der Waals surface area (Å²) in [6.45, 7) is 7.37. The molecule has 1 saturated carbocycles. The van der Waals surface area contributed by atoms with Crippen LogP contribution in [0.25, 0.3) is 0 Å². The largest absolute Gasteiger partial charge is 0.394 e. The van der Waals surface area contributed by atoms with Crippen molar-refractivity contribution >= 4 is 5.78 Å². The number of hydrogen-bond acceptors (Lipinski definition) is 7. The zero-order chi connectivity index (χ0) is 19.6. The highest BCUT2D eigenvalue weighted by atomic mass is 16.7. The van der Waals surface area contributed by atoms with E-state index < -0.39 is 37.3 Å². The van der Waals surface area contributed by atoms with Crippen molar-refractivity contribution in [1.82, 2.24) is 0 Å². The standard InChI is InChI=1S/C19H32O7/c1-10-7-12(8-19(3,4)13(10)6-5-11(2)21)25-18-17(24)16(23)15(22)14(9-20)26-18/h5-6,10,12-18,20,22-24H,7-9H2,1-4H3/b6-5+/t10-,12-,13-,14-,15-,16+,17-,18-/m1/s1. The molecule has 2 fully saturated rings. The van der Waals surface area contributed by atoms with Gasteiger partial charge >= 0.3 is 0 Å². The van der Waals surface area contributed by atoms with Crippen molar-refractivity contribution in [2.24, 2.45) is 17.3 Å². The van der Waals surface area contributed by atoms with E-state index in [1.165, 1.54) is 6.92 Å². The van der Waals surface area contributed by atoms with Crippen molar-refractivity contribution in [2.75, 3.05) is 6.61 Å². The normalized spacial score (nSPS) is 43.5. The highest BCUT2D eigenvalue weighted by Crippen LogP contribution is 2.46. The summed E-state index contributed by atoms with van der Waals surface area (Å²) >= 11 is 0. The number of carbonyl (C=O) groups excluding carboxylic acids is 1. The number of ketones is 1. The van der Waals surface area contributed by atoms with Crippen molar-refractivity contribution in [1.29, 1.82) is 0 Å². The fourth-order valence-electron chi connectivity index (χ4n) is 4.30. The summed E-state index contributed by atoms with van der Waals surface area (Å²) in [7, 11) is 0. The summed E-state index contributed by atoms with van der Waals surface area (Å²) in [4.78, 5) is 11.3. The molecule has 0 spiro atoms. The zero-order valence-electron chi connectivity index (χ0n) is 15.9. The maximum absolute atomic E-state index is 11.3. The van der Waals surface area contributed by atoms with Gasteiger partial charge in [0.05, 0.1) is 12.7 Å². The quantitative estimate of drug-likeness (QED) is 0.516. The Hall–Kier alpha value is -0.830. The Labute approximate surface area is 154 Å². The average Bonchev–Trinajstić information content (AvgIpc) is 2.53. The van der Waals surface area contributed by atoms with Gasteiger partial charge in [-0.25, -0.2) is 0 Å².